The van der Waals surface area contributed by atoms with Gasteiger partial charge >= 0.3 is 0 Å². The SMILES string of the molecule is CCC(C)c1ccc(NC(=S)Nc2c(C)nn(Cc3ccc(Br)cc3)c2C)cc1. The van der Waals surface area contributed by atoms with E-state index in [0.717, 1.165) is 40.2 Å². The minimum atomic E-state index is 0.565. The number of benzene rings is 2. The van der Waals surface area contributed by atoms with E-state index in [9.17, 15) is 0 Å². The van der Waals surface area contributed by atoms with Crippen LogP contribution in [0.25, 0.3) is 0 Å². The van der Waals surface area contributed by atoms with E-state index in [-0.39, 0.29) is 0 Å². The Kier molecular flexibility index (Phi) is 7.09. The highest BCUT2D eigenvalue weighted by molar-refractivity contribution is 9.10. The van der Waals surface area contributed by atoms with Crippen LogP contribution in [0.3, 0.4) is 0 Å². The molecule has 3 rings (SSSR count). The standard InChI is InChI=1S/C23H27BrN4S/c1-5-15(2)19-8-12-21(13-9-19)25-23(29)26-22-16(3)27-28(17(22)4)14-18-6-10-20(24)11-7-18/h6-13,15H,5,14H2,1-4H3,(H2,25,26,29). The van der Waals surface area contributed by atoms with Crippen LogP contribution in [0, 0.1) is 13.8 Å². The zero-order valence-corrected chi connectivity index (χ0v) is 19.7. The van der Waals surface area contributed by atoms with Crippen molar-refractivity contribution in [2.75, 3.05) is 10.6 Å². The van der Waals surface area contributed by atoms with Crippen molar-refractivity contribution in [3.63, 3.8) is 0 Å². The highest BCUT2D eigenvalue weighted by Crippen LogP contribution is 2.23. The molecule has 1 heterocycles. The van der Waals surface area contributed by atoms with Crippen LogP contribution in [0.5, 0.6) is 0 Å². The molecule has 0 saturated carbocycles. The number of aromatic nitrogens is 2. The number of nitrogens with one attached hydrogen (secondary N) is 2. The molecule has 0 spiro atoms. The molecule has 1 aromatic heterocycles. The van der Waals surface area contributed by atoms with Crippen molar-refractivity contribution in [2.45, 2.75) is 46.6 Å². The third-order valence-corrected chi connectivity index (χ3v) is 5.95. The van der Waals surface area contributed by atoms with Gasteiger partial charge in [-0.15, -0.1) is 0 Å². The van der Waals surface area contributed by atoms with Crippen LogP contribution in [-0.4, -0.2) is 14.9 Å². The van der Waals surface area contributed by atoms with Crippen molar-refractivity contribution in [1.29, 1.82) is 0 Å². The zero-order chi connectivity index (χ0) is 21.0. The van der Waals surface area contributed by atoms with E-state index >= 15 is 0 Å². The average Bonchev–Trinajstić information content (AvgIpc) is 2.97. The molecule has 0 aliphatic rings. The third-order valence-electron chi connectivity index (χ3n) is 5.22. The highest BCUT2D eigenvalue weighted by Gasteiger charge is 2.13. The van der Waals surface area contributed by atoms with Crippen molar-refractivity contribution in [2.24, 2.45) is 0 Å². The van der Waals surface area contributed by atoms with Crippen LogP contribution in [0.2, 0.25) is 0 Å². The summed E-state index contributed by atoms with van der Waals surface area (Å²) in [5.74, 6) is 0.566. The number of nitrogens with zero attached hydrogens (tertiary/aromatic N) is 2. The molecule has 29 heavy (non-hydrogen) atoms. The Morgan fingerprint density at radius 3 is 2.34 bits per heavy atom. The van der Waals surface area contributed by atoms with Crippen molar-refractivity contribution < 1.29 is 0 Å². The first-order valence-electron chi connectivity index (χ1n) is 9.83. The minimum absolute atomic E-state index is 0.565. The van der Waals surface area contributed by atoms with Gasteiger partial charge in [-0.05, 0) is 73.8 Å². The molecule has 1 unspecified atom stereocenters. The maximum Gasteiger partial charge on any atom is 0.175 e. The summed E-state index contributed by atoms with van der Waals surface area (Å²) in [5, 5.41) is 11.8. The van der Waals surface area contributed by atoms with E-state index < -0.39 is 0 Å². The second kappa shape index (κ2) is 9.55. The van der Waals surface area contributed by atoms with Gasteiger partial charge in [-0.1, -0.05) is 54.0 Å². The Morgan fingerprint density at radius 1 is 1.07 bits per heavy atom. The Morgan fingerprint density at radius 2 is 1.72 bits per heavy atom. The van der Waals surface area contributed by atoms with E-state index in [0.29, 0.717) is 11.0 Å². The number of halogens is 1. The van der Waals surface area contributed by atoms with Gasteiger partial charge in [0.05, 0.1) is 23.6 Å². The number of thiocarbonyl (C=S) groups is 1. The largest absolute Gasteiger partial charge is 0.332 e. The lowest BCUT2D eigenvalue weighted by Crippen LogP contribution is -2.20. The first-order chi connectivity index (χ1) is 13.9. The van der Waals surface area contributed by atoms with E-state index in [2.05, 4.69) is 88.8 Å². The third kappa shape index (κ3) is 5.46. The van der Waals surface area contributed by atoms with Gasteiger partial charge < -0.3 is 10.6 Å². The lowest BCUT2D eigenvalue weighted by atomic mass is 9.99. The van der Waals surface area contributed by atoms with Gasteiger partial charge in [0.25, 0.3) is 0 Å². The molecule has 0 fully saturated rings. The second-order valence-corrected chi connectivity index (χ2v) is 8.66. The predicted molar refractivity (Wildman–Crippen MR) is 130 cm³/mol. The molecule has 1 atom stereocenters. The van der Waals surface area contributed by atoms with Crippen LogP contribution in [0.1, 0.15) is 48.7 Å². The monoisotopic (exact) mass is 470 g/mol. The van der Waals surface area contributed by atoms with E-state index in [1.165, 1.54) is 11.1 Å². The summed E-state index contributed by atoms with van der Waals surface area (Å²) in [5.41, 5.74) is 6.46. The molecule has 4 nitrogen and oxygen atoms in total. The van der Waals surface area contributed by atoms with Crippen molar-refractivity contribution in [3.8, 4) is 0 Å². The maximum absolute atomic E-state index is 5.53. The number of rotatable bonds is 6. The first-order valence-corrected chi connectivity index (χ1v) is 11.0. The van der Waals surface area contributed by atoms with E-state index in [1.54, 1.807) is 0 Å². The van der Waals surface area contributed by atoms with Crippen LogP contribution >= 0.6 is 28.1 Å². The second-order valence-electron chi connectivity index (χ2n) is 7.34. The highest BCUT2D eigenvalue weighted by atomic mass is 79.9. The Labute approximate surface area is 186 Å². The molecule has 3 aromatic rings. The average molecular weight is 471 g/mol. The minimum Gasteiger partial charge on any atom is -0.332 e. The fourth-order valence-electron chi connectivity index (χ4n) is 3.20. The fourth-order valence-corrected chi connectivity index (χ4v) is 3.69. The van der Waals surface area contributed by atoms with Crippen molar-refractivity contribution >= 4 is 44.6 Å². The molecule has 0 amide bonds. The molecule has 2 N–H and O–H groups in total. The van der Waals surface area contributed by atoms with Crippen LogP contribution in [0.4, 0.5) is 11.4 Å². The normalized spacial score (nSPS) is 11.9. The van der Waals surface area contributed by atoms with Crippen molar-refractivity contribution in [1.82, 2.24) is 9.78 Å². The molecule has 6 heteroatoms. The van der Waals surface area contributed by atoms with Crippen LogP contribution in [0.15, 0.2) is 53.0 Å². The lowest BCUT2D eigenvalue weighted by Gasteiger charge is -2.13. The molecular weight excluding hydrogens is 444 g/mol. The van der Waals surface area contributed by atoms with Gasteiger partial charge in [0.2, 0.25) is 0 Å². The van der Waals surface area contributed by atoms with Crippen LogP contribution in [-0.2, 0) is 6.54 Å². The molecular formula is C23H27BrN4S. The number of anilines is 2. The smallest absolute Gasteiger partial charge is 0.175 e. The first kappa shape index (κ1) is 21.5. The van der Waals surface area contributed by atoms with E-state index in [1.807, 2.05) is 23.7 Å². The van der Waals surface area contributed by atoms with Gasteiger partial charge in [0.15, 0.2) is 5.11 Å². The maximum atomic E-state index is 5.53. The van der Waals surface area contributed by atoms with Gasteiger partial charge in [-0.3, -0.25) is 4.68 Å². The number of hydrogen-bond acceptors (Lipinski definition) is 2. The van der Waals surface area contributed by atoms with Gasteiger partial charge in [-0.2, -0.15) is 5.10 Å². The zero-order valence-electron chi connectivity index (χ0n) is 17.3. The molecule has 0 radical (unpaired) electrons. The summed E-state index contributed by atoms with van der Waals surface area (Å²) in [7, 11) is 0. The molecule has 0 saturated heterocycles. The Bertz CT molecular complexity index is 977. The Balaban J connectivity index is 1.67. The summed E-state index contributed by atoms with van der Waals surface area (Å²) in [6.07, 6.45) is 1.13. The quantitative estimate of drug-likeness (QED) is 0.396. The van der Waals surface area contributed by atoms with Gasteiger partial charge in [0.1, 0.15) is 0 Å². The molecule has 2 aromatic carbocycles. The van der Waals surface area contributed by atoms with Gasteiger partial charge in [-0.25, -0.2) is 0 Å². The summed E-state index contributed by atoms with van der Waals surface area (Å²) in [6, 6.07) is 16.8. The fraction of sp³-hybridized carbons (Fsp3) is 0.304. The molecule has 0 aliphatic heterocycles. The predicted octanol–water partition coefficient (Wildman–Crippen LogP) is 6.63. The molecule has 152 valence electrons. The van der Waals surface area contributed by atoms with Crippen LogP contribution < -0.4 is 10.6 Å². The summed E-state index contributed by atoms with van der Waals surface area (Å²) >= 11 is 9.01. The lowest BCUT2D eigenvalue weighted by molar-refractivity contribution is 0.659. The topological polar surface area (TPSA) is 41.9 Å². The summed E-state index contributed by atoms with van der Waals surface area (Å²) < 4.78 is 3.08. The van der Waals surface area contributed by atoms with Crippen molar-refractivity contribution in [3.05, 3.63) is 75.5 Å². The Hall–Kier alpha value is -2.18. The number of aryl methyl sites for hydroxylation is 1. The number of hydrogen-bond donors (Lipinski definition) is 2. The summed E-state index contributed by atoms with van der Waals surface area (Å²) in [4.78, 5) is 0. The molecule has 0 aliphatic carbocycles. The van der Waals surface area contributed by atoms with E-state index in [4.69, 9.17) is 12.2 Å². The van der Waals surface area contributed by atoms with Gasteiger partial charge in [0, 0.05) is 10.2 Å². The molecule has 0 bridgehead atoms. The summed E-state index contributed by atoms with van der Waals surface area (Å²) in [6.45, 7) is 9.23.